The standard InChI is InChI=1S/C22H23NO4S/c1-3-26-20-10-8-17(14-21(20)25-2)9-11-22(24)23(15-18-6-4-12-27-18)16-19-7-5-13-28-19/h4-14H,3,15-16H2,1-2H3/b11-9+. The second-order valence-electron chi connectivity index (χ2n) is 6.03. The highest BCUT2D eigenvalue weighted by molar-refractivity contribution is 7.09. The van der Waals surface area contributed by atoms with Gasteiger partial charge >= 0.3 is 0 Å². The van der Waals surface area contributed by atoms with Crippen molar-refractivity contribution >= 4 is 23.3 Å². The Hall–Kier alpha value is -2.99. The van der Waals surface area contributed by atoms with Crippen molar-refractivity contribution in [1.29, 1.82) is 0 Å². The largest absolute Gasteiger partial charge is 0.493 e. The van der Waals surface area contributed by atoms with Crippen molar-refractivity contribution in [2.24, 2.45) is 0 Å². The maximum atomic E-state index is 12.8. The van der Waals surface area contributed by atoms with Crippen LogP contribution in [0, 0.1) is 0 Å². The number of methoxy groups -OCH3 is 1. The maximum Gasteiger partial charge on any atom is 0.247 e. The summed E-state index contributed by atoms with van der Waals surface area (Å²) < 4.78 is 16.3. The number of ether oxygens (including phenoxy) is 2. The monoisotopic (exact) mass is 397 g/mol. The zero-order chi connectivity index (χ0) is 19.8. The topological polar surface area (TPSA) is 51.9 Å². The Balaban J connectivity index is 1.74. The van der Waals surface area contributed by atoms with Crippen LogP contribution in [-0.2, 0) is 17.9 Å². The predicted octanol–water partition coefficient (Wildman–Crippen LogP) is 4.99. The minimum absolute atomic E-state index is 0.0855. The number of amides is 1. The molecule has 3 aromatic rings. The SMILES string of the molecule is CCOc1ccc(/C=C/C(=O)N(Cc2ccco2)Cc2cccs2)cc1OC. The Morgan fingerprint density at radius 3 is 2.75 bits per heavy atom. The first-order valence-electron chi connectivity index (χ1n) is 9.02. The normalized spacial score (nSPS) is 10.9. The van der Waals surface area contributed by atoms with Gasteiger partial charge in [-0.1, -0.05) is 12.1 Å². The fourth-order valence-electron chi connectivity index (χ4n) is 2.73. The summed E-state index contributed by atoms with van der Waals surface area (Å²) >= 11 is 1.63. The Morgan fingerprint density at radius 1 is 1.18 bits per heavy atom. The van der Waals surface area contributed by atoms with Crippen LogP contribution in [0.2, 0.25) is 0 Å². The van der Waals surface area contributed by atoms with Gasteiger partial charge in [0, 0.05) is 11.0 Å². The molecular formula is C22H23NO4S. The Morgan fingerprint density at radius 2 is 2.07 bits per heavy atom. The summed E-state index contributed by atoms with van der Waals surface area (Å²) in [6.45, 7) is 3.44. The molecule has 0 N–H and O–H groups in total. The molecule has 0 radical (unpaired) electrons. The summed E-state index contributed by atoms with van der Waals surface area (Å²) in [5.74, 6) is 1.99. The van der Waals surface area contributed by atoms with Crippen LogP contribution in [0.15, 0.2) is 64.6 Å². The molecule has 2 aromatic heterocycles. The molecule has 0 saturated heterocycles. The number of nitrogens with zero attached hydrogens (tertiary/aromatic N) is 1. The fourth-order valence-corrected chi connectivity index (χ4v) is 3.45. The van der Waals surface area contributed by atoms with E-state index in [4.69, 9.17) is 13.9 Å². The number of carbonyl (C=O) groups is 1. The zero-order valence-corrected chi connectivity index (χ0v) is 16.8. The van der Waals surface area contributed by atoms with E-state index in [-0.39, 0.29) is 5.91 Å². The summed E-state index contributed by atoms with van der Waals surface area (Å²) in [4.78, 5) is 15.7. The minimum atomic E-state index is -0.0855. The molecule has 0 spiro atoms. The molecule has 6 heteroatoms. The molecule has 0 aliphatic carbocycles. The summed E-state index contributed by atoms with van der Waals surface area (Å²) in [6.07, 6.45) is 4.97. The van der Waals surface area contributed by atoms with E-state index in [1.807, 2.05) is 54.8 Å². The van der Waals surface area contributed by atoms with E-state index in [0.29, 0.717) is 31.2 Å². The number of thiophene rings is 1. The lowest BCUT2D eigenvalue weighted by Gasteiger charge is -2.19. The van der Waals surface area contributed by atoms with E-state index >= 15 is 0 Å². The molecule has 0 atom stereocenters. The van der Waals surface area contributed by atoms with Crippen LogP contribution in [0.1, 0.15) is 23.1 Å². The maximum absolute atomic E-state index is 12.8. The van der Waals surface area contributed by atoms with Crippen LogP contribution in [0.4, 0.5) is 0 Å². The quantitative estimate of drug-likeness (QED) is 0.477. The van der Waals surface area contributed by atoms with Crippen molar-refractivity contribution in [2.75, 3.05) is 13.7 Å². The average molecular weight is 397 g/mol. The van der Waals surface area contributed by atoms with Crippen molar-refractivity contribution < 1.29 is 18.7 Å². The summed E-state index contributed by atoms with van der Waals surface area (Å²) in [5.41, 5.74) is 0.864. The highest BCUT2D eigenvalue weighted by Crippen LogP contribution is 2.28. The van der Waals surface area contributed by atoms with Gasteiger partial charge in [0.1, 0.15) is 5.76 Å². The van der Waals surface area contributed by atoms with Crippen LogP contribution in [0.5, 0.6) is 11.5 Å². The van der Waals surface area contributed by atoms with Crippen LogP contribution < -0.4 is 9.47 Å². The van der Waals surface area contributed by atoms with Crippen molar-refractivity contribution in [3.63, 3.8) is 0 Å². The molecule has 0 aliphatic rings. The van der Waals surface area contributed by atoms with E-state index in [0.717, 1.165) is 16.2 Å². The molecule has 2 heterocycles. The summed E-state index contributed by atoms with van der Waals surface area (Å²) in [6, 6.07) is 13.3. The highest BCUT2D eigenvalue weighted by atomic mass is 32.1. The van der Waals surface area contributed by atoms with Gasteiger partial charge in [0.05, 0.1) is 33.1 Å². The molecule has 0 bridgehead atoms. The minimum Gasteiger partial charge on any atom is -0.493 e. The molecule has 146 valence electrons. The van der Waals surface area contributed by atoms with Crippen LogP contribution in [0.3, 0.4) is 0 Å². The fraction of sp³-hybridized carbons (Fsp3) is 0.227. The Bertz CT molecular complexity index is 865. The van der Waals surface area contributed by atoms with Gasteiger partial charge in [-0.2, -0.15) is 0 Å². The molecule has 0 unspecified atom stereocenters. The van der Waals surface area contributed by atoms with Crippen LogP contribution in [-0.4, -0.2) is 24.5 Å². The molecule has 1 amide bonds. The van der Waals surface area contributed by atoms with Crippen LogP contribution >= 0.6 is 11.3 Å². The van der Waals surface area contributed by atoms with Gasteiger partial charge in [-0.3, -0.25) is 4.79 Å². The lowest BCUT2D eigenvalue weighted by atomic mass is 10.2. The number of furan rings is 1. The van der Waals surface area contributed by atoms with Gasteiger partial charge in [0.25, 0.3) is 0 Å². The van der Waals surface area contributed by atoms with Gasteiger partial charge in [-0.05, 0) is 54.3 Å². The van der Waals surface area contributed by atoms with Gasteiger partial charge in [0.2, 0.25) is 5.91 Å². The van der Waals surface area contributed by atoms with E-state index in [1.54, 1.807) is 41.8 Å². The molecule has 0 aliphatic heterocycles. The summed E-state index contributed by atoms with van der Waals surface area (Å²) in [7, 11) is 1.60. The number of carbonyl (C=O) groups excluding carboxylic acids is 1. The third kappa shape index (κ3) is 5.27. The number of rotatable bonds is 9. The van der Waals surface area contributed by atoms with Gasteiger partial charge in [-0.25, -0.2) is 0 Å². The second-order valence-corrected chi connectivity index (χ2v) is 7.06. The van der Waals surface area contributed by atoms with E-state index in [1.165, 1.54) is 0 Å². The molecular weight excluding hydrogens is 374 g/mol. The summed E-state index contributed by atoms with van der Waals surface area (Å²) in [5, 5.41) is 2.01. The molecule has 5 nitrogen and oxygen atoms in total. The molecule has 28 heavy (non-hydrogen) atoms. The lowest BCUT2D eigenvalue weighted by Crippen LogP contribution is -2.27. The van der Waals surface area contributed by atoms with E-state index in [2.05, 4.69) is 0 Å². The second kappa shape index (κ2) is 9.80. The van der Waals surface area contributed by atoms with Crippen molar-refractivity contribution in [3.05, 3.63) is 76.4 Å². The van der Waals surface area contributed by atoms with Gasteiger partial charge in [0.15, 0.2) is 11.5 Å². The molecule has 1 aromatic carbocycles. The van der Waals surface area contributed by atoms with E-state index in [9.17, 15) is 4.79 Å². The average Bonchev–Trinajstić information content (AvgIpc) is 3.41. The Labute approximate surface area is 168 Å². The first-order chi connectivity index (χ1) is 13.7. The third-order valence-corrected chi connectivity index (χ3v) is 4.93. The highest BCUT2D eigenvalue weighted by Gasteiger charge is 2.14. The van der Waals surface area contributed by atoms with Gasteiger partial charge in [-0.15, -0.1) is 11.3 Å². The first-order valence-corrected chi connectivity index (χ1v) is 9.90. The first kappa shape index (κ1) is 19.8. The van der Waals surface area contributed by atoms with Crippen molar-refractivity contribution in [3.8, 4) is 11.5 Å². The number of hydrogen-bond acceptors (Lipinski definition) is 5. The van der Waals surface area contributed by atoms with Gasteiger partial charge < -0.3 is 18.8 Å². The number of benzene rings is 1. The number of hydrogen-bond donors (Lipinski definition) is 0. The third-order valence-electron chi connectivity index (χ3n) is 4.07. The van der Waals surface area contributed by atoms with Crippen molar-refractivity contribution in [1.82, 2.24) is 4.90 Å². The van der Waals surface area contributed by atoms with Crippen LogP contribution in [0.25, 0.3) is 6.08 Å². The molecule has 0 saturated carbocycles. The lowest BCUT2D eigenvalue weighted by molar-refractivity contribution is -0.127. The molecule has 3 rings (SSSR count). The Kier molecular flexibility index (Phi) is 6.92. The zero-order valence-electron chi connectivity index (χ0n) is 16.0. The predicted molar refractivity (Wildman–Crippen MR) is 110 cm³/mol. The smallest absolute Gasteiger partial charge is 0.247 e. The van der Waals surface area contributed by atoms with Crippen molar-refractivity contribution in [2.45, 2.75) is 20.0 Å². The van der Waals surface area contributed by atoms with E-state index < -0.39 is 0 Å². The molecule has 0 fully saturated rings.